The van der Waals surface area contributed by atoms with Gasteiger partial charge in [-0.3, -0.25) is 24.2 Å². The summed E-state index contributed by atoms with van der Waals surface area (Å²) >= 11 is 0. The largest absolute Gasteiger partial charge is 0.481 e. The molecule has 0 aromatic rings. The first-order valence-corrected chi connectivity index (χ1v) is 10.4. The molecule has 28 heavy (non-hydrogen) atoms. The van der Waals surface area contributed by atoms with Crippen LogP contribution in [0.4, 0.5) is 0 Å². The molecule has 0 bridgehead atoms. The van der Waals surface area contributed by atoms with Crippen LogP contribution in [-0.4, -0.2) is 102 Å². The third-order valence-electron chi connectivity index (χ3n) is 5.34. The molecular formula is C20H37N3O5. The number of carboxylic acids is 2. The lowest BCUT2D eigenvalue weighted by molar-refractivity contribution is -0.139. The van der Waals surface area contributed by atoms with Crippen molar-refractivity contribution in [3.8, 4) is 0 Å². The Hall–Kier alpha value is -1.51. The van der Waals surface area contributed by atoms with E-state index in [1.807, 2.05) is 4.90 Å². The van der Waals surface area contributed by atoms with E-state index in [0.29, 0.717) is 26.2 Å². The number of carbonyl (C=O) groups is 3. The van der Waals surface area contributed by atoms with Gasteiger partial charge in [-0.1, -0.05) is 6.92 Å². The number of hydrogen-bond donors (Lipinski definition) is 2. The number of nitrogens with zero attached hydrogens (tertiary/aromatic N) is 3. The van der Waals surface area contributed by atoms with E-state index >= 15 is 0 Å². The maximum Gasteiger partial charge on any atom is 0.317 e. The van der Waals surface area contributed by atoms with Crippen LogP contribution < -0.4 is 0 Å². The Morgan fingerprint density at radius 3 is 1.96 bits per heavy atom. The number of carbonyl (C=O) groups excluding carboxylic acids is 1. The number of Topliss-reactive ketones (excluding diaryl/α,β-unsaturated/α-hetero) is 1. The van der Waals surface area contributed by atoms with E-state index in [2.05, 4.69) is 16.7 Å². The Balaban J connectivity index is 2.79. The van der Waals surface area contributed by atoms with Gasteiger partial charge in [-0.05, 0) is 64.7 Å². The van der Waals surface area contributed by atoms with Crippen LogP contribution in [0.3, 0.4) is 0 Å². The molecule has 0 saturated carbocycles. The Bertz CT molecular complexity index is 500. The van der Waals surface area contributed by atoms with Gasteiger partial charge in [0, 0.05) is 26.1 Å². The molecule has 0 aromatic heterocycles. The first-order valence-electron chi connectivity index (χ1n) is 10.4. The minimum atomic E-state index is -0.830. The fraction of sp³-hybridized carbons (Fsp3) is 0.850. The Morgan fingerprint density at radius 1 is 0.786 bits per heavy atom. The van der Waals surface area contributed by atoms with E-state index < -0.39 is 11.9 Å². The van der Waals surface area contributed by atoms with Crippen LogP contribution in [0, 0.1) is 5.92 Å². The van der Waals surface area contributed by atoms with Crippen molar-refractivity contribution in [1.82, 2.24) is 14.7 Å². The second kappa shape index (κ2) is 13.6. The quantitative estimate of drug-likeness (QED) is 0.660. The van der Waals surface area contributed by atoms with Gasteiger partial charge in [0.2, 0.25) is 0 Å². The van der Waals surface area contributed by atoms with Crippen LogP contribution >= 0.6 is 0 Å². The summed E-state index contributed by atoms with van der Waals surface area (Å²) in [6.07, 6.45) is 3.59. The highest BCUT2D eigenvalue weighted by Gasteiger charge is 2.18. The van der Waals surface area contributed by atoms with Gasteiger partial charge in [0.15, 0.2) is 0 Å². The molecule has 0 spiro atoms. The van der Waals surface area contributed by atoms with Crippen LogP contribution in [0.5, 0.6) is 0 Å². The third-order valence-corrected chi connectivity index (χ3v) is 5.34. The Labute approximate surface area is 168 Å². The highest BCUT2D eigenvalue weighted by molar-refractivity contribution is 5.77. The minimum Gasteiger partial charge on any atom is -0.481 e. The molecule has 1 aliphatic heterocycles. The van der Waals surface area contributed by atoms with Crippen LogP contribution in [0.15, 0.2) is 0 Å². The van der Waals surface area contributed by atoms with E-state index in [0.717, 1.165) is 51.9 Å². The number of rotatable bonds is 7. The van der Waals surface area contributed by atoms with Crippen LogP contribution in [0.25, 0.3) is 0 Å². The van der Waals surface area contributed by atoms with Crippen LogP contribution in [0.2, 0.25) is 0 Å². The van der Waals surface area contributed by atoms with Gasteiger partial charge in [0.05, 0.1) is 13.1 Å². The van der Waals surface area contributed by atoms with E-state index in [1.54, 1.807) is 6.92 Å². The predicted molar refractivity (Wildman–Crippen MR) is 108 cm³/mol. The molecule has 0 amide bonds. The van der Waals surface area contributed by atoms with Gasteiger partial charge in [-0.25, -0.2) is 0 Å². The summed E-state index contributed by atoms with van der Waals surface area (Å²) in [6, 6.07) is 0. The molecule has 0 aromatic carbocycles. The molecule has 8 heteroatoms. The molecule has 2 N–H and O–H groups in total. The molecule has 1 atom stereocenters. The predicted octanol–water partition coefficient (Wildman–Crippen LogP) is 1.25. The van der Waals surface area contributed by atoms with Crippen molar-refractivity contribution in [3.63, 3.8) is 0 Å². The van der Waals surface area contributed by atoms with Crippen molar-refractivity contribution in [1.29, 1.82) is 0 Å². The standard InChI is InChI=1S/C20H37N3O5/c1-3-21-9-5-10-23(16-20(27)28)13-12-22(15-17(2)24)8-4-6-18(7-11-21)14-19(25)26/h18H,3-16H2,1-2H3,(H,25,26)(H,27,28). The van der Waals surface area contributed by atoms with Gasteiger partial charge in [0.25, 0.3) is 0 Å². The van der Waals surface area contributed by atoms with Gasteiger partial charge in [-0.2, -0.15) is 0 Å². The molecule has 1 unspecified atom stereocenters. The summed E-state index contributed by atoms with van der Waals surface area (Å²) in [5.74, 6) is -1.34. The zero-order chi connectivity index (χ0) is 20.9. The van der Waals surface area contributed by atoms with Crippen molar-refractivity contribution >= 4 is 17.7 Å². The van der Waals surface area contributed by atoms with Crippen LogP contribution in [0.1, 0.15) is 46.0 Å². The number of carboxylic acid groups (broad SMARTS) is 2. The van der Waals surface area contributed by atoms with Crippen molar-refractivity contribution in [2.45, 2.75) is 46.0 Å². The molecule has 162 valence electrons. The molecule has 0 aliphatic carbocycles. The SMILES string of the molecule is CCN1CCCN(CC(=O)O)CCN(CC(C)=O)CCCC(CC(=O)O)CC1. The summed E-state index contributed by atoms with van der Waals surface area (Å²) in [5, 5.41) is 18.4. The fourth-order valence-electron chi connectivity index (χ4n) is 3.84. The van der Waals surface area contributed by atoms with Gasteiger partial charge in [-0.15, -0.1) is 0 Å². The zero-order valence-corrected chi connectivity index (χ0v) is 17.4. The minimum absolute atomic E-state index is 0.0146. The zero-order valence-electron chi connectivity index (χ0n) is 17.4. The van der Waals surface area contributed by atoms with Gasteiger partial charge < -0.3 is 15.1 Å². The topological polar surface area (TPSA) is 101 Å². The van der Waals surface area contributed by atoms with Gasteiger partial charge >= 0.3 is 11.9 Å². The van der Waals surface area contributed by atoms with E-state index in [4.69, 9.17) is 0 Å². The third kappa shape index (κ3) is 11.4. The molecule has 1 heterocycles. The number of ketones is 1. The maximum absolute atomic E-state index is 11.6. The monoisotopic (exact) mass is 399 g/mol. The number of hydrogen-bond acceptors (Lipinski definition) is 6. The number of aliphatic carboxylic acids is 2. The smallest absolute Gasteiger partial charge is 0.317 e. The highest BCUT2D eigenvalue weighted by Crippen LogP contribution is 2.18. The lowest BCUT2D eigenvalue weighted by Crippen LogP contribution is -2.41. The average Bonchev–Trinajstić information content (AvgIpc) is 2.59. The fourth-order valence-corrected chi connectivity index (χ4v) is 3.84. The van der Waals surface area contributed by atoms with E-state index in [-0.39, 0.29) is 24.7 Å². The van der Waals surface area contributed by atoms with E-state index in [9.17, 15) is 24.6 Å². The first kappa shape index (κ1) is 24.5. The van der Waals surface area contributed by atoms with Crippen molar-refractivity contribution in [3.05, 3.63) is 0 Å². The second-order valence-electron chi connectivity index (χ2n) is 7.83. The van der Waals surface area contributed by atoms with Gasteiger partial charge in [0.1, 0.15) is 5.78 Å². The summed E-state index contributed by atoms with van der Waals surface area (Å²) < 4.78 is 0. The Morgan fingerprint density at radius 2 is 1.39 bits per heavy atom. The van der Waals surface area contributed by atoms with Crippen molar-refractivity contribution < 1.29 is 24.6 Å². The Kier molecular flexibility index (Phi) is 11.9. The summed E-state index contributed by atoms with van der Waals surface area (Å²) in [7, 11) is 0. The molecule has 1 rings (SSSR count). The normalized spacial score (nSPS) is 22.4. The van der Waals surface area contributed by atoms with E-state index in [1.165, 1.54) is 0 Å². The molecule has 1 aliphatic rings. The lowest BCUT2D eigenvalue weighted by Gasteiger charge is -2.29. The summed E-state index contributed by atoms with van der Waals surface area (Å²) in [5.41, 5.74) is 0. The lowest BCUT2D eigenvalue weighted by atomic mass is 9.95. The summed E-state index contributed by atoms with van der Waals surface area (Å²) in [6.45, 7) is 9.38. The maximum atomic E-state index is 11.6. The molecule has 1 fully saturated rings. The van der Waals surface area contributed by atoms with Crippen LogP contribution in [-0.2, 0) is 14.4 Å². The second-order valence-corrected chi connectivity index (χ2v) is 7.83. The van der Waals surface area contributed by atoms with Crippen molar-refractivity contribution in [2.24, 2.45) is 5.92 Å². The molecule has 8 nitrogen and oxygen atoms in total. The first-order chi connectivity index (χ1) is 13.3. The average molecular weight is 400 g/mol. The van der Waals surface area contributed by atoms with Crippen molar-refractivity contribution in [2.75, 3.05) is 58.9 Å². The molecule has 1 saturated heterocycles. The summed E-state index contributed by atoms with van der Waals surface area (Å²) in [4.78, 5) is 40.3. The highest BCUT2D eigenvalue weighted by atomic mass is 16.4. The molecule has 0 radical (unpaired) electrons. The molecular weight excluding hydrogens is 362 g/mol.